The maximum Gasteiger partial charge on any atom is 0.203 e. The van der Waals surface area contributed by atoms with Crippen molar-refractivity contribution in [2.45, 2.75) is 19.9 Å². The summed E-state index contributed by atoms with van der Waals surface area (Å²) < 4.78 is 1.95. The van der Waals surface area contributed by atoms with Crippen LogP contribution in [0.25, 0.3) is 11.2 Å². The highest BCUT2D eigenvalue weighted by atomic mass is 35.5. The second kappa shape index (κ2) is 4.80. The molecule has 102 valence electrons. The Hall–Kier alpha value is -2.07. The number of nitrogens with zero attached hydrogens (tertiary/aromatic N) is 3. The van der Waals surface area contributed by atoms with Crippen molar-refractivity contribution in [3.8, 4) is 0 Å². The van der Waals surface area contributed by atoms with Crippen molar-refractivity contribution in [1.29, 1.82) is 0 Å². The van der Waals surface area contributed by atoms with Gasteiger partial charge in [-0.15, -0.1) is 0 Å². The number of fused-ring (bicyclic) bond motifs is 1. The minimum absolute atomic E-state index is 0.0477. The van der Waals surface area contributed by atoms with Crippen LogP contribution in [0.3, 0.4) is 0 Å². The molecule has 0 saturated heterocycles. The van der Waals surface area contributed by atoms with Crippen LogP contribution in [0.1, 0.15) is 24.2 Å². The summed E-state index contributed by atoms with van der Waals surface area (Å²) in [5.41, 5.74) is 9.74. The fourth-order valence-corrected chi connectivity index (χ4v) is 2.48. The molecular weight excluding hydrogens is 272 g/mol. The largest absolute Gasteiger partial charge is 0.369 e. The molecule has 2 heterocycles. The van der Waals surface area contributed by atoms with E-state index in [0.717, 1.165) is 27.4 Å². The molecule has 0 amide bonds. The summed E-state index contributed by atoms with van der Waals surface area (Å²) in [6.45, 7) is 4.03. The lowest BCUT2D eigenvalue weighted by molar-refractivity contribution is 0.662. The fourth-order valence-electron chi connectivity index (χ4n) is 2.36. The molecule has 0 aliphatic rings. The third-order valence-corrected chi connectivity index (χ3v) is 3.70. The number of aromatic nitrogens is 3. The van der Waals surface area contributed by atoms with Gasteiger partial charge in [0.2, 0.25) is 5.95 Å². The monoisotopic (exact) mass is 286 g/mol. The first-order chi connectivity index (χ1) is 9.56. The van der Waals surface area contributed by atoms with Crippen molar-refractivity contribution in [1.82, 2.24) is 14.5 Å². The van der Waals surface area contributed by atoms with Gasteiger partial charge in [-0.3, -0.25) is 4.57 Å². The topological polar surface area (TPSA) is 56.7 Å². The van der Waals surface area contributed by atoms with Gasteiger partial charge >= 0.3 is 0 Å². The molecule has 2 N–H and O–H groups in total. The number of imidazole rings is 1. The number of halogens is 1. The molecule has 0 aliphatic carbocycles. The predicted molar refractivity (Wildman–Crippen MR) is 81.9 cm³/mol. The van der Waals surface area contributed by atoms with E-state index >= 15 is 0 Å². The van der Waals surface area contributed by atoms with Crippen molar-refractivity contribution >= 4 is 28.7 Å². The lowest BCUT2D eigenvalue weighted by Gasteiger charge is -2.16. The number of pyridine rings is 1. The Morgan fingerprint density at radius 1 is 1.10 bits per heavy atom. The first-order valence-electron chi connectivity index (χ1n) is 6.43. The number of benzene rings is 1. The molecule has 0 aliphatic heterocycles. The molecule has 3 rings (SSSR count). The van der Waals surface area contributed by atoms with E-state index < -0.39 is 0 Å². The highest BCUT2D eigenvalue weighted by Crippen LogP contribution is 2.27. The zero-order chi connectivity index (χ0) is 14.3. The summed E-state index contributed by atoms with van der Waals surface area (Å²) >= 11 is 5.93. The lowest BCUT2D eigenvalue weighted by Crippen LogP contribution is -2.10. The first kappa shape index (κ1) is 12.9. The standard InChI is InChI=1S/C15H15ClN4/c1-9-3-8-13-14(18-9)20(15(17)19-13)10(2)11-4-6-12(16)7-5-11/h3-8,10H,1-2H3,(H2,17,19). The minimum Gasteiger partial charge on any atom is -0.369 e. The van der Waals surface area contributed by atoms with Crippen molar-refractivity contribution in [2.75, 3.05) is 5.73 Å². The van der Waals surface area contributed by atoms with E-state index in [0.29, 0.717) is 5.95 Å². The molecule has 0 fully saturated rings. The summed E-state index contributed by atoms with van der Waals surface area (Å²) in [5, 5.41) is 0.721. The van der Waals surface area contributed by atoms with Gasteiger partial charge in [-0.25, -0.2) is 9.97 Å². The fraction of sp³-hybridized carbons (Fsp3) is 0.200. The van der Waals surface area contributed by atoms with Gasteiger partial charge < -0.3 is 5.73 Å². The number of aryl methyl sites for hydroxylation is 1. The van der Waals surface area contributed by atoms with Crippen LogP contribution in [0.5, 0.6) is 0 Å². The molecule has 20 heavy (non-hydrogen) atoms. The predicted octanol–water partition coefficient (Wildman–Crippen LogP) is 3.58. The van der Waals surface area contributed by atoms with Crippen LogP contribution in [0.2, 0.25) is 5.02 Å². The molecule has 1 unspecified atom stereocenters. The van der Waals surface area contributed by atoms with Gasteiger partial charge in [0, 0.05) is 10.7 Å². The van der Waals surface area contributed by atoms with Crippen LogP contribution >= 0.6 is 11.6 Å². The zero-order valence-electron chi connectivity index (χ0n) is 11.3. The summed E-state index contributed by atoms with van der Waals surface area (Å²) in [5.74, 6) is 0.473. The van der Waals surface area contributed by atoms with E-state index in [1.807, 2.05) is 47.9 Å². The molecule has 4 nitrogen and oxygen atoms in total. The number of anilines is 1. The third-order valence-electron chi connectivity index (χ3n) is 3.44. The van der Waals surface area contributed by atoms with Gasteiger partial charge in [-0.1, -0.05) is 23.7 Å². The maximum absolute atomic E-state index is 6.06. The molecular formula is C15H15ClN4. The molecule has 1 atom stereocenters. The van der Waals surface area contributed by atoms with Gasteiger partial charge in [0.1, 0.15) is 5.52 Å². The second-order valence-corrected chi connectivity index (χ2v) is 5.30. The zero-order valence-corrected chi connectivity index (χ0v) is 12.1. The summed E-state index contributed by atoms with van der Waals surface area (Å²) in [6.07, 6.45) is 0. The third kappa shape index (κ3) is 2.12. The highest BCUT2D eigenvalue weighted by Gasteiger charge is 2.16. The van der Waals surface area contributed by atoms with E-state index in [1.54, 1.807) is 0 Å². The van der Waals surface area contributed by atoms with Crippen LogP contribution in [0, 0.1) is 6.92 Å². The Balaban J connectivity index is 2.15. The maximum atomic E-state index is 6.06. The van der Waals surface area contributed by atoms with Crippen molar-refractivity contribution < 1.29 is 0 Å². The van der Waals surface area contributed by atoms with Gasteiger partial charge in [-0.05, 0) is 43.7 Å². The number of hydrogen-bond donors (Lipinski definition) is 1. The van der Waals surface area contributed by atoms with Crippen molar-refractivity contribution in [3.05, 3.63) is 52.7 Å². The summed E-state index contributed by atoms with van der Waals surface area (Å²) in [7, 11) is 0. The Morgan fingerprint density at radius 3 is 2.50 bits per heavy atom. The quantitative estimate of drug-likeness (QED) is 0.783. The average molecular weight is 287 g/mol. The molecule has 1 aromatic carbocycles. The van der Waals surface area contributed by atoms with Crippen molar-refractivity contribution in [3.63, 3.8) is 0 Å². The van der Waals surface area contributed by atoms with Gasteiger partial charge in [0.15, 0.2) is 5.65 Å². The Morgan fingerprint density at radius 2 is 1.80 bits per heavy atom. The molecule has 0 saturated carbocycles. The normalized spacial score (nSPS) is 12.8. The molecule has 0 spiro atoms. The van der Waals surface area contributed by atoms with Crippen LogP contribution in [-0.2, 0) is 0 Å². The van der Waals surface area contributed by atoms with Crippen LogP contribution < -0.4 is 5.73 Å². The Labute approximate surface area is 122 Å². The number of nitrogens with two attached hydrogens (primary N) is 1. The van der Waals surface area contributed by atoms with Crippen LogP contribution in [0.15, 0.2) is 36.4 Å². The molecule has 0 radical (unpaired) electrons. The van der Waals surface area contributed by atoms with Gasteiger partial charge in [-0.2, -0.15) is 0 Å². The van der Waals surface area contributed by atoms with E-state index in [4.69, 9.17) is 17.3 Å². The smallest absolute Gasteiger partial charge is 0.203 e. The SMILES string of the molecule is Cc1ccc2nc(N)n(C(C)c3ccc(Cl)cc3)c2n1. The molecule has 2 aromatic heterocycles. The number of nitrogen functional groups attached to an aromatic ring is 1. The van der Waals surface area contributed by atoms with E-state index in [1.165, 1.54) is 0 Å². The number of rotatable bonds is 2. The van der Waals surface area contributed by atoms with Crippen LogP contribution in [0.4, 0.5) is 5.95 Å². The number of hydrogen-bond acceptors (Lipinski definition) is 3. The van der Waals surface area contributed by atoms with Crippen molar-refractivity contribution in [2.24, 2.45) is 0 Å². The average Bonchev–Trinajstić information content (AvgIpc) is 2.74. The molecule has 3 aromatic rings. The highest BCUT2D eigenvalue weighted by molar-refractivity contribution is 6.30. The van der Waals surface area contributed by atoms with E-state index in [-0.39, 0.29) is 6.04 Å². The first-order valence-corrected chi connectivity index (χ1v) is 6.80. The van der Waals surface area contributed by atoms with Crippen LogP contribution in [-0.4, -0.2) is 14.5 Å². The molecule has 5 heteroatoms. The summed E-state index contributed by atoms with van der Waals surface area (Å²) in [4.78, 5) is 8.93. The van der Waals surface area contributed by atoms with E-state index in [9.17, 15) is 0 Å². The Kier molecular flexibility index (Phi) is 3.10. The van der Waals surface area contributed by atoms with Gasteiger partial charge in [0.25, 0.3) is 0 Å². The second-order valence-electron chi connectivity index (χ2n) is 4.86. The minimum atomic E-state index is 0.0477. The lowest BCUT2D eigenvalue weighted by atomic mass is 10.1. The van der Waals surface area contributed by atoms with E-state index in [2.05, 4.69) is 16.9 Å². The van der Waals surface area contributed by atoms with Gasteiger partial charge in [0.05, 0.1) is 6.04 Å². The Bertz CT molecular complexity index is 761. The summed E-state index contributed by atoms with van der Waals surface area (Å²) in [6, 6.07) is 11.7. The molecule has 0 bridgehead atoms.